The summed E-state index contributed by atoms with van der Waals surface area (Å²) in [4.78, 5) is 23.6. The molecule has 1 aliphatic rings. The molecule has 7 nitrogen and oxygen atoms in total. The Kier molecular flexibility index (Phi) is 5.64. The van der Waals surface area contributed by atoms with Crippen LogP contribution in [0.1, 0.15) is 5.82 Å². The van der Waals surface area contributed by atoms with E-state index in [2.05, 4.69) is 14.9 Å². The molecule has 0 aliphatic carbocycles. The van der Waals surface area contributed by atoms with Gasteiger partial charge in [-0.1, -0.05) is 48.5 Å². The van der Waals surface area contributed by atoms with Gasteiger partial charge in [-0.25, -0.2) is 13.4 Å². The number of rotatable bonds is 5. The summed E-state index contributed by atoms with van der Waals surface area (Å²) in [5.74, 6) is 0.600. The van der Waals surface area contributed by atoms with Crippen LogP contribution < -0.4 is 5.56 Å². The number of piperazine rings is 1. The molecule has 164 valence electrons. The fourth-order valence-corrected chi connectivity index (χ4v) is 6.39. The Bertz CT molecular complexity index is 1390. The van der Waals surface area contributed by atoms with E-state index in [1.807, 2.05) is 35.7 Å². The fraction of sp³-hybridized carbons (Fsp3) is 0.217. The van der Waals surface area contributed by atoms with Crippen LogP contribution >= 0.6 is 11.3 Å². The molecule has 0 spiro atoms. The molecule has 2 aromatic heterocycles. The summed E-state index contributed by atoms with van der Waals surface area (Å²) in [7, 11) is -3.48. The van der Waals surface area contributed by atoms with Gasteiger partial charge in [-0.2, -0.15) is 4.31 Å². The average molecular weight is 467 g/mol. The van der Waals surface area contributed by atoms with Gasteiger partial charge in [-0.3, -0.25) is 9.69 Å². The van der Waals surface area contributed by atoms with E-state index in [9.17, 15) is 13.2 Å². The Balaban J connectivity index is 1.31. The summed E-state index contributed by atoms with van der Waals surface area (Å²) in [6.07, 6.45) is 0. The van der Waals surface area contributed by atoms with Crippen LogP contribution in [0.25, 0.3) is 21.3 Å². The van der Waals surface area contributed by atoms with Crippen molar-refractivity contribution in [2.24, 2.45) is 0 Å². The van der Waals surface area contributed by atoms with Crippen molar-refractivity contribution in [1.82, 2.24) is 19.2 Å². The van der Waals surface area contributed by atoms with Crippen LogP contribution in [0.5, 0.6) is 0 Å². The normalized spacial score (nSPS) is 15.9. The Hall–Kier alpha value is -2.85. The zero-order valence-corrected chi connectivity index (χ0v) is 18.9. The Morgan fingerprint density at radius 2 is 1.59 bits per heavy atom. The zero-order valence-electron chi connectivity index (χ0n) is 17.3. The van der Waals surface area contributed by atoms with Crippen molar-refractivity contribution >= 4 is 31.6 Å². The summed E-state index contributed by atoms with van der Waals surface area (Å²) in [6, 6.07) is 18.3. The van der Waals surface area contributed by atoms with E-state index in [0.717, 1.165) is 11.1 Å². The van der Waals surface area contributed by atoms with Crippen molar-refractivity contribution < 1.29 is 8.42 Å². The molecule has 2 aromatic carbocycles. The highest BCUT2D eigenvalue weighted by Gasteiger charge is 2.28. The van der Waals surface area contributed by atoms with E-state index < -0.39 is 10.0 Å². The minimum atomic E-state index is -3.48. The lowest BCUT2D eigenvalue weighted by Gasteiger charge is -2.33. The van der Waals surface area contributed by atoms with Gasteiger partial charge in [0.25, 0.3) is 5.56 Å². The molecule has 5 rings (SSSR count). The molecule has 9 heteroatoms. The lowest BCUT2D eigenvalue weighted by atomic mass is 10.1. The third-order valence-corrected chi connectivity index (χ3v) is 8.45. The summed E-state index contributed by atoms with van der Waals surface area (Å²) >= 11 is 1.46. The number of nitrogens with zero attached hydrogens (tertiary/aromatic N) is 3. The highest BCUT2D eigenvalue weighted by Crippen LogP contribution is 2.30. The molecule has 0 unspecified atom stereocenters. The SMILES string of the molecule is O=c1[nH]c(CN2CCN(S(=O)(=O)c3ccccc3)CC2)nc2scc(-c3ccccc3)c12. The number of aromatic amines is 1. The molecule has 1 aliphatic heterocycles. The average Bonchev–Trinajstić information content (AvgIpc) is 3.25. The monoisotopic (exact) mass is 466 g/mol. The van der Waals surface area contributed by atoms with Crippen LogP contribution in [0, 0.1) is 0 Å². The highest BCUT2D eigenvalue weighted by atomic mass is 32.2. The largest absolute Gasteiger partial charge is 0.309 e. The lowest BCUT2D eigenvalue weighted by molar-refractivity contribution is 0.178. The van der Waals surface area contributed by atoms with Gasteiger partial charge in [0.2, 0.25) is 10.0 Å². The van der Waals surface area contributed by atoms with E-state index >= 15 is 0 Å². The molecule has 0 bridgehead atoms. The van der Waals surface area contributed by atoms with E-state index in [0.29, 0.717) is 53.7 Å². The van der Waals surface area contributed by atoms with Crippen LogP contribution in [-0.2, 0) is 16.6 Å². The van der Waals surface area contributed by atoms with Crippen molar-refractivity contribution in [2.75, 3.05) is 26.2 Å². The first-order valence-corrected chi connectivity index (χ1v) is 12.7. The van der Waals surface area contributed by atoms with Crippen molar-refractivity contribution in [1.29, 1.82) is 0 Å². The van der Waals surface area contributed by atoms with Gasteiger partial charge in [-0.15, -0.1) is 11.3 Å². The molecule has 1 saturated heterocycles. The first-order valence-electron chi connectivity index (χ1n) is 10.4. The standard InChI is InChI=1S/C23H22N4O3S2/c28-22-21-19(17-7-3-1-4-8-17)16-31-23(21)25-20(24-22)15-26-11-13-27(14-12-26)32(29,30)18-9-5-2-6-10-18/h1-10,16H,11-15H2,(H,24,25,28). The van der Waals surface area contributed by atoms with Crippen LogP contribution in [0.15, 0.2) is 75.7 Å². The van der Waals surface area contributed by atoms with Crippen molar-refractivity contribution in [3.05, 3.63) is 82.2 Å². The van der Waals surface area contributed by atoms with Gasteiger partial charge < -0.3 is 4.98 Å². The summed E-state index contributed by atoms with van der Waals surface area (Å²) in [5.41, 5.74) is 1.75. The van der Waals surface area contributed by atoms with Crippen LogP contribution in [-0.4, -0.2) is 53.8 Å². The smallest absolute Gasteiger partial charge is 0.260 e. The number of aromatic nitrogens is 2. The number of hydrogen-bond acceptors (Lipinski definition) is 6. The van der Waals surface area contributed by atoms with Gasteiger partial charge in [0, 0.05) is 37.1 Å². The molecular formula is C23H22N4O3S2. The van der Waals surface area contributed by atoms with E-state index in [4.69, 9.17) is 0 Å². The molecule has 1 fully saturated rings. The molecule has 0 radical (unpaired) electrons. The van der Waals surface area contributed by atoms with E-state index in [1.54, 1.807) is 30.3 Å². The molecule has 3 heterocycles. The third kappa shape index (κ3) is 4.00. The second-order valence-corrected chi connectivity index (χ2v) is 10.5. The van der Waals surface area contributed by atoms with Gasteiger partial charge >= 0.3 is 0 Å². The number of benzene rings is 2. The number of nitrogens with one attached hydrogen (secondary N) is 1. The van der Waals surface area contributed by atoms with Gasteiger partial charge in [0.1, 0.15) is 10.7 Å². The minimum absolute atomic E-state index is 0.143. The summed E-state index contributed by atoms with van der Waals surface area (Å²) in [6.45, 7) is 2.44. The lowest BCUT2D eigenvalue weighted by Crippen LogP contribution is -2.48. The van der Waals surface area contributed by atoms with E-state index in [1.165, 1.54) is 15.6 Å². The maximum Gasteiger partial charge on any atom is 0.260 e. The third-order valence-electron chi connectivity index (χ3n) is 5.66. The maximum atomic E-state index is 12.8. The highest BCUT2D eigenvalue weighted by molar-refractivity contribution is 7.89. The fourth-order valence-electron chi connectivity index (χ4n) is 3.98. The first-order chi connectivity index (χ1) is 15.5. The zero-order chi connectivity index (χ0) is 22.1. The number of sulfonamides is 1. The molecule has 1 N–H and O–H groups in total. The number of hydrogen-bond donors (Lipinski definition) is 1. The maximum absolute atomic E-state index is 12.8. The van der Waals surface area contributed by atoms with Crippen molar-refractivity contribution in [2.45, 2.75) is 11.4 Å². The molecule has 4 aromatic rings. The van der Waals surface area contributed by atoms with Gasteiger partial charge in [0.15, 0.2) is 0 Å². The second kappa shape index (κ2) is 8.59. The van der Waals surface area contributed by atoms with Crippen molar-refractivity contribution in [3.63, 3.8) is 0 Å². The van der Waals surface area contributed by atoms with Crippen molar-refractivity contribution in [3.8, 4) is 11.1 Å². The number of thiophene rings is 1. The predicted octanol–water partition coefficient (Wildman–Crippen LogP) is 3.16. The first kappa shape index (κ1) is 21.0. The quantitative estimate of drug-likeness (QED) is 0.488. The van der Waals surface area contributed by atoms with Gasteiger partial charge in [-0.05, 0) is 17.7 Å². The summed E-state index contributed by atoms with van der Waals surface area (Å²) < 4.78 is 27.1. The molecule has 0 saturated carbocycles. The molecule has 0 atom stereocenters. The van der Waals surface area contributed by atoms with E-state index in [-0.39, 0.29) is 5.56 Å². The summed E-state index contributed by atoms with van der Waals surface area (Å²) in [5, 5.41) is 2.59. The molecule has 32 heavy (non-hydrogen) atoms. The minimum Gasteiger partial charge on any atom is -0.309 e. The second-order valence-electron chi connectivity index (χ2n) is 7.70. The van der Waals surface area contributed by atoms with Gasteiger partial charge in [0.05, 0.1) is 16.8 Å². The van der Waals surface area contributed by atoms with Crippen LogP contribution in [0.2, 0.25) is 0 Å². The Morgan fingerprint density at radius 3 is 2.28 bits per heavy atom. The predicted molar refractivity (Wildman–Crippen MR) is 126 cm³/mol. The molecule has 0 amide bonds. The Morgan fingerprint density at radius 1 is 0.938 bits per heavy atom. The number of fused-ring (bicyclic) bond motifs is 1. The topological polar surface area (TPSA) is 86.4 Å². The molecular weight excluding hydrogens is 444 g/mol. The number of H-pyrrole nitrogens is 1. The Labute approximate surface area is 190 Å². The van der Waals surface area contributed by atoms with Crippen LogP contribution in [0.4, 0.5) is 0 Å². The van der Waals surface area contributed by atoms with Crippen LogP contribution in [0.3, 0.4) is 0 Å².